The van der Waals surface area contributed by atoms with E-state index in [4.69, 9.17) is 0 Å². The highest BCUT2D eigenvalue weighted by Gasteiger charge is 2.26. The van der Waals surface area contributed by atoms with Gasteiger partial charge in [-0.25, -0.2) is 8.78 Å². The van der Waals surface area contributed by atoms with E-state index in [-0.39, 0.29) is 12.4 Å². The van der Waals surface area contributed by atoms with Crippen LogP contribution in [0.5, 0.6) is 0 Å². The summed E-state index contributed by atoms with van der Waals surface area (Å²) in [6.07, 6.45) is -7.14. The first-order valence-electron chi connectivity index (χ1n) is 2.47. The zero-order valence-corrected chi connectivity index (χ0v) is 6.11. The summed E-state index contributed by atoms with van der Waals surface area (Å²) in [5.41, 5.74) is 0. The average Bonchev–Trinajstić information content (AvgIpc) is 1.59. The van der Waals surface area contributed by atoms with Crippen molar-refractivity contribution < 1.29 is 22.0 Å². The van der Waals surface area contributed by atoms with Gasteiger partial charge in [0, 0.05) is 0 Å². The van der Waals surface area contributed by atoms with Gasteiger partial charge in [-0.2, -0.15) is 13.2 Å². The quantitative estimate of drug-likeness (QED) is 0.684. The second-order valence-corrected chi connectivity index (χ2v) is 1.64. The van der Waals surface area contributed by atoms with Crippen molar-refractivity contribution in [2.75, 3.05) is 13.1 Å². The molecule has 0 aromatic heterocycles. The van der Waals surface area contributed by atoms with E-state index in [1.54, 1.807) is 5.32 Å². The minimum Gasteiger partial charge on any atom is -0.303 e. The molecule has 0 amide bonds. The molecule has 11 heavy (non-hydrogen) atoms. The molecule has 0 aromatic rings. The molecule has 0 fully saturated rings. The first-order valence-corrected chi connectivity index (χ1v) is 2.47. The molecule has 1 N–H and O–H groups in total. The highest BCUT2D eigenvalue weighted by molar-refractivity contribution is 5.85. The predicted molar refractivity (Wildman–Crippen MR) is 32.2 cm³/mol. The van der Waals surface area contributed by atoms with Crippen LogP contribution in [0.3, 0.4) is 0 Å². The van der Waals surface area contributed by atoms with Crippen LogP contribution in [0.2, 0.25) is 0 Å². The molecule has 7 heteroatoms. The Balaban J connectivity index is 0. The van der Waals surface area contributed by atoms with Gasteiger partial charge in [-0.15, -0.1) is 12.4 Å². The van der Waals surface area contributed by atoms with Gasteiger partial charge < -0.3 is 5.32 Å². The van der Waals surface area contributed by atoms with E-state index in [1.165, 1.54) is 0 Å². The average molecular weight is 200 g/mol. The zero-order chi connectivity index (χ0) is 8.20. The third-order valence-electron chi connectivity index (χ3n) is 0.624. The lowest BCUT2D eigenvalue weighted by molar-refractivity contribution is -0.125. The first kappa shape index (κ1) is 13.5. The van der Waals surface area contributed by atoms with Crippen LogP contribution in [0.25, 0.3) is 0 Å². The molecule has 1 nitrogen and oxygen atoms in total. The van der Waals surface area contributed by atoms with E-state index >= 15 is 0 Å². The van der Waals surface area contributed by atoms with Gasteiger partial charge in [0.25, 0.3) is 6.43 Å². The molecular formula is C4H7ClF5N. The van der Waals surface area contributed by atoms with Gasteiger partial charge >= 0.3 is 6.18 Å². The van der Waals surface area contributed by atoms with E-state index in [0.29, 0.717) is 0 Å². The van der Waals surface area contributed by atoms with Gasteiger partial charge in [0.1, 0.15) is 0 Å². The Kier molecular flexibility index (Phi) is 6.79. The number of halogens is 6. The van der Waals surface area contributed by atoms with Crippen molar-refractivity contribution in [3.8, 4) is 0 Å². The molecule has 0 aromatic carbocycles. The third-order valence-corrected chi connectivity index (χ3v) is 0.624. The van der Waals surface area contributed by atoms with Crippen LogP contribution in [0.1, 0.15) is 0 Å². The number of nitrogens with one attached hydrogen (secondary N) is 1. The fourth-order valence-corrected chi connectivity index (χ4v) is 0.323. The summed E-state index contributed by atoms with van der Waals surface area (Å²) in [7, 11) is 0. The van der Waals surface area contributed by atoms with Crippen molar-refractivity contribution in [1.82, 2.24) is 5.32 Å². The highest BCUT2D eigenvalue weighted by atomic mass is 35.5. The molecule has 0 saturated heterocycles. The molecule has 0 heterocycles. The van der Waals surface area contributed by atoms with E-state index in [1.807, 2.05) is 0 Å². The van der Waals surface area contributed by atoms with Crippen LogP contribution in [-0.4, -0.2) is 25.7 Å². The maximum Gasteiger partial charge on any atom is 0.401 e. The summed E-state index contributed by atoms with van der Waals surface area (Å²) < 4.78 is 56.0. The molecule has 0 aliphatic heterocycles. The lowest BCUT2D eigenvalue weighted by Crippen LogP contribution is -2.32. The molecule has 0 bridgehead atoms. The summed E-state index contributed by atoms with van der Waals surface area (Å²) in [4.78, 5) is 0. The van der Waals surface area contributed by atoms with Crippen LogP contribution in [0.4, 0.5) is 22.0 Å². The molecule has 0 atom stereocenters. The summed E-state index contributed by atoms with van der Waals surface area (Å²) in [6, 6.07) is 0. The maximum atomic E-state index is 11.2. The Morgan fingerprint density at radius 3 is 1.91 bits per heavy atom. The van der Waals surface area contributed by atoms with Crippen LogP contribution >= 0.6 is 12.4 Å². The minimum atomic E-state index is -4.41. The summed E-state index contributed by atoms with van der Waals surface area (Å²) in [5.74, 6) is 0. The maximum absolute atomic E-state index is 11.2. The largest absolute Gasteiger partial charge is 0.401 e. The Morgan fingerprint density at radius 2 is 1.64 bits per heavy atom. The number of hydrogen-bond donors (Lipinski definition) is 1. The lowest BCUT2D eigenvalue weighted by atomic mass is 10.6. The Hall–Kier alpha value is -0.100. The summed E-state index contributed by atoms with van der Waals surface area (Å²) in [6.45, 7) is -2.28. The normalized spacial score (nSPS) is 11.5. The van der Waals surface area contributed by atoms with Gasteiger partial charge in [-0.3, -0.25) is 0 Å². The van der Waals surface area contributed by atoms with Crippen molar-refractivity contribution in [2.24, 2.45) is 0 Å². The van der Waals surface area contributed by atoms with Crippen molar-refractivity contribution >= 4 is 12.4 Å². The van der Waals surface area contributed by atoms with Crippen molar-refractivity contribution in [3.05, 3.63) is 0 Å². The highest BCUT2D eigenvalue weighted by Crippen LogP contribution is 2.12. The van der Waals surface area contributed by atoms with E-state index < -0.39 is 25.7 Å². The molecule has 0 unspecified atom stereocenters. The van der Waals surface area contributed by atoms with Gasteiger partial charge in [0.2, 0.25) is 0 Å². The molecule has 0 spiro atoms. The van der Waals surface area contributed by atoms with Crippen molar-refractivity contribution in [3.63, 3.8) is 0 Å². The predicted octanol–water partition coefficient (Wildman–Crippen LogP) is 1.83. The first-order chi connectivity index (χ1) is 4.42. The van der Waals surface area contributed by atoms with Crippen LogP contribution in [0.15, 0.2) is 0 Å². The van der Waals surface area contributed by atoms with Crippen molar-refractivity contribution in [2.45, 2.75) is 12.6 Å². The fraction of sp³-hybridized carbons (Fsp3) is 1.00. The standard InChI is InChI=1S/C4H6F5N.ClH/c5-3(6)1-10-2-4(7,8)9;/h3,10H,1-2H2;1H. The number of hydrogen-bond acceptors (Lipinski definition) is 1. The van der Waals surface area contributed by atoms with E-state index in [0.717, 1.165) is 0 Å². The van der Waals surface area contributed by atoms with Gasteiger partial charge in [-0.1, -0.05) is 0 Å². The molecule has 0 aliphatic carbocycles. The van der Waals surface area contributed by atoms with Crippen molar-refractivity contribution in [1.29, 1.82) is 0 Å². The molecule has 0 rings (SSSR count). The smallest absolute Gasteiger partial charge is 0.303 e. The topological polar surface area (TPSA) is 12.0 Å². The van der Waals surface area contributed by atoms with Gasteiger partial charge in [0.15, 0.2) is 0 Å². The second-order valence-electron chi connectivity index (χ2n) is 1.64. The second kappa shape index (κ2) is 5.54. The molecule has 70 valence electrons. The summed E-state index contributed by atoms with van der Waals surface area (Å²) >= 11 is 0. The number of rotatable bonds is 3. The summed E-state index contributed by atoms with van der Waals surface area (Å²) in [5, 5.41) is 1.55. The van der Waals surface area contributed by atoms with Gasteiger partial charge in [0.05, 0.1) is 13.1 Å². The van der Waals surface area contributed by atoms with Crippen LogP contribution < -0.4 is 5.32 Å². The monoisotopic (exact) mass is 199 g/mol. The molecular weight excluding hydrogens is 192 g/mol. The van der Waals surface area contributed by atoms with E-state index in [2.05, 4.69) is 0 Å². The number of alkyl halides is 5. The fourth-order valence-electron chi connectivity index (χ4n) is 0.323. The zero-order valence-electron chi connectivity index (χ0n) is 5.29. The molecule has 0 saturated carbocycles. The van der Waals surface area contributed by atoms with Gasteiger partial charge in [-0.05, 0) is 0 Å². The molecule has 0 aliphatic rings. The van der Waals surface area contributed by atoms with E-state index in [9.17, 15) is 22.0 Å². The van der Waals surface area contributed by atoms with Crippen LogP contribution in [0, 0.1) is 0 Å². The lowest BCUT2D eigenvalue weighted by Gasteiger charge is -2.06. The third kappa shape index (κ3) is 13.0. The van der Waals surface area contributed by atoms with Crippen LogP contribution in [-0.2, 0) is 0 Å². The Labute approximate surface area is 66.4 Å². The Morgan fingerprint density at radius 1 is 1.18 bits per heavy atom. The minimum absolute atomic E-state index is 0. The Bertz CT molecular complexity index is 93.0. The molecule has 0 radical (unpaired) electrons. The SMILES string of the molecule is Cl.FC(F)CNCC(F)(F)F.